The summed E-state index contributed by atoms with van der Waals surface area (Å²) in [6.07, 6.45) is 5.14. The maximum Gasteiger partial charge on any atom is 0.337 e. The quantitative estimate of drug-likeness (QED) is 0.792. The Hall–Kier alpha value is -1.68. The molecule has 1 aromatic heterocycles. The Morgan fingerprint density at radius 3 is 2.90 bits per heavy atom. The van der Waals surface area contributed by atoms with Crippen molar-refractivity contribution in [2.24, 2.45) is 0 Å². The first-order chi connectivity index (χ1) is 9.78. The summed E-state index contributed by atoms with van der Waals surface area (Å²) in [5.74, 6) is 0.322. The van der Waals surface area contributed by atoms with E-state index in [0.29, 0.717) is 11.5 Å². The van der Waals surface area contributed by atoms with Gasteiger partial charge >= 0.3 is 5.97 Å². The molecule has 0 unspecified atom stereocenters. The number of esters is 1. The van der Waals surface area contributed by atoms with Crippen molar-refractivity contribution in [3.63, 3.8) is 0 Å². The molecule has 0 radical (unpaired) electrons. The zero-order chi connectivity index (χ0) is 13.9. The summed E-state index contributed by atoms with van der Waals surface area (Å²) in [5, 5.41) is 3.15. The van der Waals surface area contributed by atoms with E-state index in [2.05, 4.69) is 5.38 Å². The van der Waals surface area contributed by atoms with Crippen LogP contribution in [0.2, 0.25) is 0 Å². The molecule has 0 atom stereocenters. The van der Waals surface area contributed by atoms with Crippen LogP contribution in [0.5, 0.6) is 0 Å². The first-order valence-corrected chi connectivity index (χ1v) is 7.80. The highest BCUT2D eigenvalue weighted by Gasteiger charge is 2.20. The van der Waals surface area contributed by atoms with Gasteiger partial charge in [0.25, 0.3) is 0 Å². The predicted molar refractivity (Wildman–Crippen MR) is 80.1 cm³/mol. The molecular weight excluding hydrogens is 270 g/mol. The van der Waals surface area contributed by atoms with Crippen LogP contribution in [0.15, 0.2) is 29.6 Å². The monoisotopic (exact) mass is 287 g/mol. The lowest BCUT2D eigenvalue weighted by Gasteiger charge is -2.04. The molecule has 0 aliphatic heterocycles. The number of ether oxygens (including phenoxy) is 1. The van der Waals surface area contributed by atoms with E-state index in [0.717, 1.165) is 10.6 Å². The van der Waals surface area contributed by atoms with Crippen LogP contribution in [-0.4, -0.2) is 18.1 Å². The molecule has 0 amide bonds. The smallest absolute Gasteiger partial charge is 0.337 e. The van der Waals surface area contributed by atoms with Crippen molar-refractivity contribution < 1.29 is 9.53 Å². The van der Waals surface area contributed by atoms with Crippen molar-refractivity contribution in [1.29, 1.82) is 0 Å². The number of thiazole rings is 1. The minimum absolute atomic E-state index is 0.306. The zero-order valence-corrected chi connectivity index (χ0v) is 12.3. The number of aromatic nitrogens is 1. The number of hydrogen-bond acceptors (Lipinski definition) is 4. The Morgan fingerprint density at radius 2 is 2.15 bits per heavy atom. The molecule has 1 saturated carbocycles. The fraction of sp³-hybridized carbons (Fsp3) is 0.375. The Kier molecular flexibility index (Phi) is 3.83. The van der Waals surface area contributed by atoms with Crippen LogP contribution < -0.4 is 0 Å². The summed E-state index contributed by atoms with van der Waals surface area (Å²) in [6, 6.07) is 7.48. The first-order valence-electron chi connectivity index (χ1n) is 6.92. The van der Waals surface area contributed by atoms with Gasteiger partial charge in [0.15, 0.2) is 0 Å². The number of carbonyl (C=O) groups excluding carboxylic acids is 1. The SMILES string of the molecule is COC(=O)c1cccc(-c2nc(C3CCCC3)cs2)c1. The molecule has 1 heterocycles. The van der Waals surface area contributed by atoms with Gasteiger partial charge in [0.1, 0.15) is 5.01 Å². The van der Waals surface area contributed by atoms with E-state index < -0.39 is 0 Å². The van der Waals surface area contributed by atoms with E-state index in [1.165, 1.54) is 38.5 Å². The van der Waals surface area contributed by atoms with Crippen molar-refractivity contribution in [1.82, 2.24) is 4.98 Å². The lowest BCUT2D eigenvalue weighted by molar-refractivity contribution is 0.0601. The molecule has 3 nitrogen and oxygen atoms in total. The van der Waals surface area contributed by atoms with E-state index >= 15 is 0 Å². The molecular formula is C16H17NO2S. The lowest BCUT2D eigenvalue weighted by atomic mass is 10.1. The van der Waals surface area contributed by atoms with Gasteiger partial charge < -0.3 is 4.74 Å². The van der Waals surface area contributed by atoms with Gasteiger partial charge in [0.05, 0.1) is 18.4 Å². The molecule has 2 aromatic rings. The Morgan fingerprint density at radius 1 is 1.35 bits per heavy atom. The van der Waals surface area contributed by atoms with Gasteiger partial charge in [-0.25, -0.2) is 9.78 Å². The van der Waals surface area contributed by atoms with Crippen LogP contribution in [0, 0.1) is 0 Å². The minimum Gasteiger partial charge on any atom is -0.465 e. The van der Waals surface area contributed by atoms with Crippen LogP contribution in [0.25, 0.3) is 10.6 Å². The van der Waals surface area contributed by atoms with Crippen LogP contribution in [0.4, 0.5) is 0 Å². The summed E-state index contributed by atoms with van der Waals surface area (Å²) >= 11 is 1.65. The fourth-order valence-corrected chi connectivity index (χ4v) is 3.62. The van der Waals surface area contributed by atoms with Gasteiger partial charge in [-0.2, -0.15) is 0 Å². The fourth-order valence-electron chi connectivity index (χ4n) is 2.72. The maximum absolute atomic E-state index is 11.6. The van der Waals surface area contributed by atoms with Crippen LogP contribution in [0.3, 0.4) is 0 Å². The summed E-state index contributed by atoms with van der Waals surface area (Å²) < 4.78 is 4.76. The van der Waals surface area contributed by atoms with E-state index in [1.807, 2.05) is 18.2 Å². The third-order valence-electron chi connectivity index (χ3n) is 3.83. The van der Waals surface area contributed by atoms with Gasteiger partial charge in [-0.1, -0.05) is 25.0 Å². The van der Waals surface area contributed by atoms with Crippen LogP contribution >= 0.6 is 11.3 Å². The molecule has 4 heteroatoms. The normalized spacial score (nSPS) is 15.4. The molecule has 0 N–H and O–H groups in total. The van der Waals surface area contributed by atoms with Crippen molar-refractivity contribution >= 4 is 17.3 Å². The predicted octanol–water partition coefficient (Wildman–Crippen LogP) is 4.25. The number of hydrogen-bond donors (Lipinski definition) is 0. The Labute approximate surface area is 122 Å². The van der Waals surface area contributed by atoms with Gasteiger partial charge in [-0.05, 0) is 25.0 Å². The molecule has 1 aromatic carbocycles. The molecule has 3 rings (SSSR count). The minimum atomic E-state index is -0.306. The van der Waals surface area contributed by atoms with Crippen LogP contribution in [-0.2, 0) is 4.74 Å². The van der Waals surface area contributed by atoms with Crippen molar-refractivity contribution in [3.8, 4) is 10.6 Å². The van der Waals surface area contributed by atoms with E-state index in [1.54, 1.807) is 17.4 Å². The average Bonchev–Trinajstić information content (AvgIpc) is 3.17. The molecule has 1 aliphatic rings. The molecule has 1 fully saturated rings. The molecule has 20 heavy (non-hydrogen) atoms. The van der Waals surface area contributed by atoms with Crippen molar-refractivity contribution in [3.05, 3.63) is 40.9 Å². The number of carbonyl (C=O) groups is 1. The van der Waals surface area contributed by atoms with Gasteiger partial charge in [-0.15, -0.1) is 11.3 Å². The Balaban J connectivity index is 1.87. The third kappa shape index (κ3) is 2.61. The molecule has 104 valence electrons. The zero-order valence-electron chi connectivity index (χ0n) is 11.5. The van der Waals surface area contributed by atoms with Gasteiger partial charge in [-0.3, -0.25) is 0 Å². The van der Waals surface area contributed by atoms with Gasteiger partial charge in [0.2, 0.25) is 0 Å². The molecule has 1 aliphatic carbocycles. The summed E-state index contributed by atoms with van der Waals surface area (Å²) in [7, 11) is 1.40. The van der Waals surface area contributed by atoms with Gasteiger partial charge in [0, 0.05) is 16.9 Å². The second kappa shape index (κ2) is 5.75. The topological polar surface area (TPSA) is 39.2 Å². The summed E-state index contributed by atoms with van der Waals surface area (Å²) in [5.41, 5.74) is 2.77. The van der Waals surface area contributed by atoms with Crippen molar-refractivity contribution in [2.75, 3.05) is 7.11 Å². The second-order valence-electron chi connectivity index (χ2n) is 5.13. The van der Waals surface area contributed by atoms with E-state index in [9.17, 15) is 4.79 Å². The highest BCUT2D eigenvalue weighted by atomic mass is 32.1. The summed E-state index contributed by atoms with van der Waals surface area (Å²) in [4.78, 5) is 16.3. The summed E-state index contributed by atoms with van der Waals surface area (Å²) in [6.45, 7) is 0. The highest BCUT2D eigenvalue weighted by Crippen LogP contribution is 2.36. The number of nitrogens with zero attached hydrogens (tertiary/aromatic N) is 1. The molecule has 0 bridgehead atoms. The highest BCUT2D eigenvalue weighted by molar-refractivity contribution is 7.13. The molecule has 0 spiro atoms. The number of methoxy groups -OCH3 is 1. The standard InChI is InChI=1S/C16H17NO2S/c1-19-16(18)13-8-4-7-12(9-13)15-17-14(10-20-15)11-5-2-3-6-11/h4,7-11H,2-3,5-6H2,1H3. The molecule has 0 saturated heterocycles. The first kappa shape index (κ1) is 13.3. The Bertz CT molecular complexity index is 614. The average molecular weight is 287 g/mol. The van der Waals surface area contributed by atoms with E-state index in [4.69, 9.17) is 9.72 Å². The van der Waals surface area contributed by atoms with Crippen molar-refractivity contribution in [2.45, 2.75) is 31.6 Å². The number of rotatable bonds is 3. The number of benzene rings is 1. The second-order valence-corrected chi connectivity index (χ2v) is 5.99. The lowest BCUT2D eigenvalue weighted by Crippen LogP contribution is -2.00. The van der Waals surface area contributed by atoms with E-state index in [-0.39, 0.29) is 5.97 Å². The largest absolute Gasteiger partial charge is 0.465 e. The maximum atomic E-state index is 11.6. The third-order valence-corrected chi connectivity index (χ3v) is 4.74. The van der Waals surface area contributed by atoms with Crippen LogP contribution in [0.1, 0.15) is 47.7 Å².